The summed E-state index contributed by atoms with van der Waals surface area (Å²) in [7, 11) is 0. The summed E-state index contributed by atoms with van der Waals surface area (Å²) in [6.07, 6.45) is 2.41. The molecule has 0 aliphatic rings. The fourth-order valence-corrected chi connectivity index (χ4v) is 3.73. The molecule has 0 fully saturated rings. The number of aromatic nitrogens is 2. The van der Waals surface area contributed by atoms with Crippen LogP contribution in [0.2, 0.25) is 0 Å². The highest BCUT2D eigenvalue weighted by Gasteiger charge is 2.17. The molecule has 3 N–H and O–H groups in total. The Kier molecular flexibility index (Phi) is 4.28. The Balaban J connectivity index is 2.02. The van der Waals surface area contributed by atoms with Gasteiger partial charge in [-0.2, -0.15) is 5.26 Å². The van der Waals surface area contributed by atoms with Gasteiger partial charge in [0.15, 0.2) is 0 Å². The first kappa shape index (κ1) is 15.5. The number of anilines is 1. The Morgan fingerprint density at radius 3 is 2.96 bits per heavy atom. The lowest BCUT2D eigenvalue weighted by Crippen LogP contribution is -2.17. The van der Waals surface area contributed by atoms with Crippen LogP contribution in [0.3, 0.4) is 0 Å². The van der Waals surface area contributed by atoms with Gasteiger partial charge in [-0.1, -0.05) is 0 Å². The van der Waals surface area contributed by atoms with Crippen LogP contribution in [0.1, 0.15) is 28.9 Å². The smallest absolute Gasteiger partial charge is 0.234 e. The van der Waals surface area contributed by atoms with Crippen molar-refractivity contribution in [1.29, 1.82) is 5.26 Å². The quantitative estimate of drug-likeness (QED) is 0.747. The van der Waals surface area contributed by atoms with Gasteiger partial charge in [0, 0.05) is 10.9 Å². The lowest BCUT2D eigenvalue weighted by molar-refractivity contribution is 0.518. The van der Waals surface area contributed by atoms with Crippen molar-refractivity contribution in [3.8, 4) is 6.07 Å². The van der Waals surface area contributed by atoms with Crippen LogP contribution >= 0.6 is 11.3 Å². The van der Waals surface area contributed by atoms with Gasteiger partial charge in [-0.25, -0.2) is 9.97 Å². The first-order chi connectivity index (χ1) is 11.1. The molecule has 3 aromatic heterocycles. The average Bonchev–Trinajstić information content (AvgIpc) is 3.14. The standard InChI is InChI=1S/C16H17N5OS/c1-9(18)6-12-10(2)14-15(23-12)16(21-13(7-17)20-14)19-8-11-4-3-5-22-11/h3-5,9H,6,8,18H2,1-2H3,(H,19,20,21)/t9-/m0/s1. The number of thiophene rings is 1. The second-order valence-corrected chi connectivity index (χ2v) is 6.56. The number of nitrogens with two attached hydrogens (primary N) is 1. The van der Waals surface area contributed by atoms with Gasteiger partial charge in [-0.05, 0) is 38.0 Å². The van der Waals surface area contributed by atoms with Gasteiger partial charge >= 0.3 is 0 Å². The maximum absolute atomic E-state index is 9.18. The van der Waals surface area contributed by atoms with Crippen molar-refractivity contribution in [2.45, 2.75) is 32.9 Å². The highest BCUT2D eigenvalue weighted by atomic mass is 32.1. The normalized spacial score (nSPS) is 12.3. The Bertz CT molecular complexity index is 861. The molecule has 0 radical (unpaired) electrons. The van der Waals surface area contributed by atoms with E-state index in [9.17, 15) is 5.26 Å². The maximum atomic E-state index is 9.18. The zero-order valence-electron chi connectivity index (χ0n) is 13.0. The highest BCUT2D eigenvalue weighted by molar-refractivity contribution is 7.19. The molecule has 0 saturated heterocycles. The molecule has 0 saturated carbocycles. The van der Waals surface area contributed by atoms with Crippen LogP contribution in [-0.2, 0) is 13.0 Å². The zero-order valence-corrected chi connectivity index (χ0v) is 13.8. The Hall–Kier alpha value is -2.43. The van der Waals surface area contributed by atoms with Gasteiger partial charge in [0.25, 0.3) is 0 Å². The van der Waals surface area contributed by atoms with Crippen molar-refractivity contribution in [3.05, 3.63) is 40.4 Å². The van der Waals surface area contributed by atoms with Crippen LogP contribution in [0.5, 0.6) is 0 Å². The number of furan rings is 1. The summed E-state index contributed by atoms with van der Waals surface area (Å²) in [6, 6.07) is 5.82. The number of nitrogens with zero attached hydrogens (tertiary/aromatic N) is 3. The van der Waals surface area contributed by atoms with Crippen molar-refractivity contribution in [3.63, 3.8) is 0 Å². The third-order valence-corrected chi connectivity index (χ3v) is 4.79. The number of hydrogen-bond donors (Lipinski definition) is 2. The van der Waals surface area contributed by atoms with E-state index in [-0.39, 0.29) is 11.9 Å². The predicted molar refractivity (Wildman–Crippen MR) is 90.3 cm³/mol. The molecule has 3 rings (SSSR count). The first-order valence-electron chi connectivity index (χ1n) is 7.30. The number of nitrogens with one attached hydrogen (secondary N) is 1. The van der Waals surface area contributed by atoms with Gasteiger partial charge in [0.05, 0.1) is 23.0 Å². The summed E-state index contributed by atoms with van der Waals surface area (Å²) in [5.74, 6) is 1.62. The summed E-state index contributed by atoms with van der Waals surface area (Å²) in [5.41, 5.74) is 7.81. The van der Waals surface area contributed by atoms with Gasteiger partial charge in [-0.15, -0.1) is 11.3 Å². The SMILES string of the molecule is Cc1c(C[C@H](C)N)sc2c(NCc3ccco3)nc(C#N)nc12. The minimum Gasteiger partial charge on any atom is -0.467 e. The third-order valence-electron chi connectivity index (χ3n) is 3.48. The number of aryl methyl sites for hydroxylation is 1. The summed E-state index contributed by atoms with van der Waals surface area (Å²) >= 11 is 1.63. The molecule has 3 aromatic rings. The molecule has 0 unspecified atom stereocenters. The van der Waals surface area contributed by atoms with Crippen LogP contribution in [0.4, 0.5) is 5.82 Å². The van der Waals surface area contributed by atoms with E-state index in [0.29, 0.717) is 12.4 Å². The number of fused-ring (bicyclic) bond motifs is 1. The largest absolute Gasteiger partial charge is 0.467 e. The molecule has 0 bridgehead atoms. The Morgan fingerprint density at radius 2 is 2.30 bits per heavy atom. The van der Waals surface area contributed by atoms with E-state index < -0.39 is 0 Å². The molecule has 0 amide bonds. The Morgan fingerprint density at radius 1 is 1.48 bits per heavy atom. The van der Waals surface area contributed by atoms with E-state index in [1.165, 1.54) is 4.88 Å². The number of nitriles is 1. The predicted octanol–water partition coefficient (Wildman–Crippen LogP) is 2.97. The van der Waals surface area contributed by atoms with Crippen LogP contribution in [0, 0.1) is 18.3 Å². The molecule has 7 heteroatoms. The lowest BCUT2D eigenvalue weighted by atomic mass is 10.1. The molecule has 1 atom stereocenters. The molecule has 3 heterocycles. The average molecular weight is 327 g/mol. The molecule has 118 valence electrons. The van der Waals surface area contributed by atoms with E-state index in [2.05, 4.69) is 15.3 Å². The second-order valence-electron chi connectivity index (χ2n) is 5.45. The van der Waals surface area contributed by atoms with Gasteiger partial charge in [-0.3, -0.25) is 0 Å². The molecular weight excluding hydrogens is 310 g/mol. The molecule has 23 heavy (non-hydrogen) atoms. The third kappa shape index (κ3) is 3.18. The van der Waals surface area contributed by atoms with Crippen LogP contribution in [0.25, 0.3) is 10.2 Å². The number of hydrogen-bond acceptors (Lipinski definition) is 7. The first-order valence-corrected chi connectivity index (χ1v) is 8.12. The molecule has 0 aliphatic carbocycles. The van der Waals surface area contributed by atoms with Crippen LogP contribution in [0.15, 0.2) is 22.8 Å². The lowest BCUT2D eigenvalue weighted by Gasteiger charge is -2.05. The summed E-state index contributed by atoms with van der Waals surface area (Å²) in [4.78, 5) is 9.85. The molecule has 0 aromatic carbocycles. The van der Waals surface area contributed by atoms with E-state index in [1.807, 2.05) is 32.0 Å². The minimum atomic E-state index is 0.0738. The minimum absolute atomic E-state index is 0.0738. The summed E-state index contributed by atoms with van der Waals surface area (Å²) < 4.78 is 6.27. The fourth-order valence-electron chi connectivity index (χ4n) is 2.37. The van der Waals surface area contributed by atoms with E-state index >= 15 is 0 Å². The van der Waals surface area contributed by atoms with Crippen LogP contribution in [-0.4, -0.2) is 16.0 Å². The van der Waals surface area contributed by atoms with E-state index in [0.717, 1.165) is 28.0 Å². The molecule has 0 spiro atoms. The van der Waals surface area contributed by atoms with Crippen molar-refractivity contribution in [2.75, 3.05) is 5.32 Å². The van der Waals surface area contributed by atoms with E-state index in [4.69, 9.17) is 10.2 Å². The zero-order chi connectivity index (χ0) is 16.4. The maximum Gasteiger partial charge on any atom is 0.234 e. The van der Waals surface area contributed by atoms with Crippen molar-refractivity contribution in [2.24, 2.45) is 5.73 Å². The molecule has 0 aliphatic heterocycles. The van der Waals surface area contributed by atoms with E-state index in [1.54, 1.807) is 17.6 Å². The van der Waals surface area contributed by atoms with Crippen molar-refractivity contribution >= 4 is 27.4 Å². The van der Waals surface area contributed by atoms with Crippen molar-refractivity contribution in [1.82, 2.24) is 9.97 Å². The monoisotopic (exact) mass is 327 g/mol. The van der Waals surface area contributed by atoms with Gasteiger partial charge in [0.1, 0.15) is 17.6 Å². The molecule has 6 nitrogen and oxygen atoms in total. The fraction of sp³-hybridized carbons (Fsp3) is 0.312. The molecular formula is C16H17N5OS. The van der Waals surface area contributed by atoms with Crippen LogP contribution < -0.4 is 11.1 Å². The topological polar surface area (TPSA) is 101 Å². The number of rotatable bonds is 5. The van der Waals surface area contributed by atoms with Crippen molar-refractivity contribution < 1.29 is 4.42 Å². The second kappa shape index (κ2) is 6.36. The van der Waals surface area contributed by atoms with Gasteiger partial charge < -0.3 is 15.5 Å². The summed E-state index contributed by atoms with van der Waals surface area (Å²) in [5, 5.41) is 12.4. The highest BCUT2D eigenvalue weighted by Crippen LogP contribution is 2.34. The Labute approximate surface area is 138 Å². The van der Waals surface area contributed by atoms with Gasteiger partial charge in [0.2, 0.25) is 5.82 Å². The summed E-state index contributed by atoms with van der Waals surface area (Å²) in [6.45, 7) is 4.50.